The van der Waals surface area contributed by atoms with Crippen LogP contribution in [-0.4, -0.2) is 29.8 Å². The van der Waals surface area contributed by atoms with Crippen LogP contribution >= 0.6 is 11.6 Å². The number of nitrogens with zero attached hydrogens (tertiary/aromatic N) is 6. The molecule has 2 heterocycles. The van der Waals surface area contributed by atoms with Gasteiger partial charge in [-0.25, -0.2) is 4.98 Å². The molecule has 14 heavy (non-hydrogen) atoms. The summed E-state index contributed by atoms with van der Waals surface area (Å²) in [5.74, 6) is 1.84. The largest absolute Gasteiger partial charge is 0.326 e. The molecule has 2 aromatic heterocycles. The molecule has 6 nitrogen and oxygen atoms in total. The van der Waals surface area contributed by atoms with E-state index in [0.29, 0.717) is 18.2 Å². The summed E-state index contributed by atoms with van der Waals surface area (Å²) in [6.45, 7) is 0.551. The van der Waals surface area contributed by atoms with Crippen molar-refractivity contribution in [1.29, 1.82) is 0 Å². The summed E-state index contributed by atoms with van der Waals surface area (Å²) < 4.78 is 1.89. The maximum absolute atomic E-state index is 5.70. The van der Waals surface area contributed by atoms with Gasteiger partial charge in [-0.05, 0) is 5.21 Å². The Morgan fingerprint density at radius 1 is 1.50 bits per heavy atom. The van der Waals surface area contributed by atoms with Gasteiger partial charge in [-0.2, -0.15) is 4.80 Å². The van der Waals surface area contributed by atoms with Crippen LogP contribution in [0.25, 0.3) is 0 Å². The third-order valence-corrected chi connectivity index (χ3v) is 2.02. The monoisotopic (exact) mass is 212 g/mol. The fraction of sp³-hybridized carbons (Fsp3) is 0.429. The van der Waals surface area contributed by atoms with Crippen molar-refractivity contribution >= 4 is 11.6 Å². The first-order chi connectivity index (χ1) is 6.79. The summed E-state index contributed by atoms with van der Waals surface area (Å²) in [5.41, 5.74) is 0. The summed E-state index contributed by atoms with van der Waals surface area (Å²) in [6.07, 6.45) is 3.54. The number of tetrazole rings is 1. The molecule has 0 saturated carbocycles. The number of rotatable bonds is 3. The number of hydrogen-bond donors (Lipinski definition) is 0. The molecule has 0 bridgehead atoms. The summed E-state index contributed by atoms with van der Waals surface area (Å²) >= 11 is 5.70. The number of imidazole rings is 1. The molecule has 0 N–H and O–H groups in total. The molecule has 0 spiro atoms. The first-order valence-electron chi connectivity index (χ1n) is 4.08. The fourth-order valence-corrected chi connectivity index (χ4v) is 1.38. The van der Waals surface area contributed by atoms with Gasteiger partial charge in [-0.3, -0.25) is 0 Å². The first-order valence-corrected chi connectivity index (χ1v) is 4.62. The van der Waals surface area contributed by atoms with E-state index in [1.807, 2.05) is 10.8 Å². The van der Waals surface area contributed by atoms with E-state index in [0.717, 1.165) is 5.82 Å². The van der Waals surface area contributed by atoms with Crippen molar-refractivity contribution in [2.45, 2.75) is 12.4 Å². The number of aryl methyl sites for hydroxylation is 1. The molecule has 2 rings (SSSR count). The van der Waals surface area contributed by atoms with E-state index in [4.69, 9.17) is 11.6 Å². The van der Waals surface area contributed by atoms with Crippen LogP contribution < -0.4 is 0 Å². The lowest BCUT2D eigenvalue weighted by Crippen LogP contribution is -2.04. The average Bonchev–Trinajstić information content (AvgIpc) is 2.76. The molecular formula is C7H9ClN6. The SMILES string of the molecule is Cn1nnc(Cn2ccnc2CCl)n1. The van der Waals surface area contributed by atoms with Crippen molar-refractivity contribution in [1.82, 2.24) is 29.8 Å². The van der Waals surface area contributed by atoms with E-state index in [1.165, 1.54) is 4.80 Å². The molecule has 74 valence electrons. The van der Waals surface area contributed by atoms with Crippen LogP contribution in [0.1, 0.15) is 11.6 Å². The zero-order valence-corrected chi connectivity index (χ0v) is 8.39. The molecule has 0 atom stereocenters. The van der Waals surface area contributed by atoms with Gasteiger partial charge in [0.05, 0.1) is 19.5 Å². The first kappa shape index (κ1) is 9.14. The van der Waals surface area contributed by atoms with Gasteiger partial charge in [0.15, 0.2) is 5.82 Å². The summed E-state index contributed by atoms with van der Waals surface area (Å²) in [6, 6.07) is 0. The maximum Gasteiger partial charge on any atom is 0.194 e. The summed E-state index contributed by atoms with van der Waals surface area (Å²) in [5, 5.41) is 11.7. The molecule has 0 aliphatic heterocycles. The van der Waals surface area contributed by atoms with Crippen LogP contribution in [0, 0.1) is 0 Å². The molecule has 0 fully saturated rings. The molecule has 0 saturated heterocycles. The Hall–Kier alpha value is -1.43. The Morgan fingerprint density at radius 3 is 3.00 bits per heavy atom. The molecule has 0 radical (unpaired) electrons. The predicted octanol–water partition coefficient (Wildman–Crippen LogP) is 0.194. The van der Waals surface area contributed by atoms with Crippen LogP contribution in [0.2, 0.25) is 0 Å². The zero-order chi connectivity index (χ0) is 9.97. The lowest BCUT2D eigenvalue weighted by atomic mass is 10.5. The minimum atomic E-state index is 0.382. The fourth-order valence-electron chi connectivity index (χ4n) is 1.15. The number of hydrogen-bond acceptors (Lipinski definition) is 4. The normalized spacial score (nSPS) is 10.7. The third-order valence-electron chi connectivity index (χ3n) is 1.78. The van der Waals surface area contributed by atoms with E-state index in [2.05, 4.69) is 20.4 Å². The smallest absolute Gasteiger partial charge is 0.194 e. The van der Waals surface area contributed by atoms with Crippen LogP contribution in [0.5, 0.6) is 0 Å². The van der Waals surface area contributed by atoms with Gasteiger partial charge in [0, 0.05) is 12.4 Å². The van der Waals surface area contributed by atoms with Crippen LogP contribution in [-0.2, 0) is 19.5 Å². The Kier molecular flexibility index (Phi) is 2.45. The van der Waals surface area contributed by atoms with E-state index < -0.39 is 0 Å². The van der Waals surface area contributed by atoms with E-state index in [1.54, 1.807) is 13.2 Å². The van der Waals surface area contributed by atoms with Crippen molar-refractivity contribution < 1.29 is 0 Å². The van der Waals surface area contributed by atoms with E-state index >= 15 is 0 Å². The minimum absolute atomic E-state index is 0.382. The zero-order valence-electron chi connectivity index (χ0n) is 7.63. The van der Waals surface area contributed by atoms with Gasteiger partial charge in [-0.1, -0.05) is 0 Å². The van der Waals surface area contributed by atoms with E-state index in [-0.39, 0.29) is 0 Å². The number of alkyl halides is 1. The van der Waals surface area contributed by atoms with Crippen LogP contribution in [0.3, 0.4) is 0 Å². The lowest BCUT2D eigenvalue weighted by molar-refractivity contribution is 0.624. The standard InChI is InChI=1S/C7H9ClN6/c1-13-11-6(10-12-13)5-14-3-2-9-7(14)4-8/h2-3H,4-5H2,1H3. The highest BCUT2D eigenvalue weighted by Gasteiger charge is 2.05. The predicted molar refractivity (Wildman–Crippen MR) is 49.7 cm³/mol. The molecule has 0 amide bonds. The quantitative estimate of drug-likeness (QED) is 0.682. The third kappa shape index (κ3) is 1.74. The van der Waals surface area contributed by atoms with Crippen molar-refractivity contribution in [2.24, 2.45) is 7.05 Å². The molecule has 7 heteroatoms. The van der Waals surface area contributed by atoms with Gasteiger partial charge < -0.3 is 4.57 Å². The van der Waals surface area contributed by atoms with Crippen LogP contribution in [0.15, 0.2) is 12.4 Å². The molecule has 0 aliphatic rings. The highest BCUT2D eigenvalue weighted by molar-refractivity contribution is 6.16. The number of aromatic nitrogens is 6. The summed E-state index contributed by atoms with van der Waals surface area (Å²) in [4.78, 5) is 5.51. The highest BCUT2D eigenvalue weighted by Crippen LogP contribution is 2.03. The topological polar surface area (TPSA) is 61.4 Å². The van der Waals surface area contributed by atoms with Crippen molar-refractivity contribution in [2.75, 3.05) is 0 Å². The van der Waals surface area contributed by atoms with Crippen molar-refractivity contribution in [3.05, 3.63) is 24.0 Å². The molecule has 0 unspecified atom stereocenters. The molecule has 2 aromatic rings. The minimum Gasteiger partial charge on any atom is -0.326 e. The van der Waals surface area contributed by atoms with Gasteiger partial charge in [-0.15, -0.1) is 21.8 Å². The van der Waals surface area contributed by atoms with Gasteiger partial charge in [0.25, 0.3) is 0 Å². The van der Waals surface area contributed by atoms with Crippen molar-refractivity contribution in [3.63, 3.8) is 0 Å². The average molecular weight is 213 g/mol. The second kappa shape index (κ2) is 3.75. The Morgan fingerprint density at radius 2 is 2.36 bits per heavy atom. The molecule has 0 aromatic carbocycles. The van der Waals surface area contributed by atoms with Crippen molar-refractivity contribution in [3.8, 4) is 0 Å². The van der Waals surface area contributed by atoms with Crippen LogP contribution in [0.4, 0.5) is 0 Å². The lowest BCUT2D eigenvalue weighted by Gasteiger charge is -2.00. The summed E-state index contributed by atoms with van der Waals surface area (Å²) in [7, 11) is 1.73. The molecule has 0 aliphatic carbocycles. The Bertz CT molecular complexity index is 419. The van der Waals surface area contributed by atoms with Gasteiger partial charge in [0.2, 0.25) is 0 Å². The second-order valence-electron chi connectivity index (χ2n) is 2.80. The highest BCUT2D eigenvalue weighted by atomic mass is 35.5. The molecular weight excluding hydrogens is 204 g/mol. The Balaban J connectivity index is 2.18. The Labute approximate surface area is 85.5 Å². The van der Waals surface area contributed by atoms with E-state index in [9.17, 15) is 0 Å². The second-order valence-corrected chi connectivity index (χ2v) is 3.07. The maximum atomic E-state index is 5.70. The number of halogens is 1. The van der Waals surface area contributed by atoms with Gasteiger partial charge in [0.1, 0.15) is 5.82 Å². The van der Waals surface area contributed by atoms with Gasteiger partial charge >= 0.3 is 0 Å².